The van der Waals surface area contributed by atoms with E-state index in [0.29, 0.717) is 39.5 Å². The maximum absolute atomic E-state index is 12.4. The van der Waals surface area contributed by atoms with Gasteiger partial charge in [-0.1, -0.05) is 53.9 Å². The third-order valence-corrected chi connectivity index (χ3v) is 4.79. The molecule has 0 spiro atoms. The molecule has 0 aliphatic heterocycles. The molecule has 2 N–H and O–H groups in total. The number of amides is 2. The summed E-state index contributed by atoms with van der Waals surface area (Å²) in [7, 11) is 0. The summed E-state index contributed by atoms with van der Waals surface area (Å²) in [4.78, 5) is 26.5. The normalized spacial score (nSPS) is 10.8. The molecule has 0 saturated heterocycles. The predicted molar refractivity (Wildman–Crippen MR) is 117 cm³/mol. The van der Waals surface area contributed by atoms with E-state index < -0.39 is 0 Å². The number of para-hydroxylation sites is 1. The van der Waals surface area contributed by atoms with E-state index in [1.165, 1.54) is 0 Å². The molecule has 0 fully saturated rings. The van der Waals surface area contributed by atoms with Crippen molar-refractivity contribution in [2.45, 2.75) is 19.8 Å². The lowest BCUT2D eigenvalue weighted by Gasteiger charge is -2.21. The zero-order valence-corrected chi connectivity index (χ0v) is 17.7. The summed E-state index contributed by atoms with van der Waals surface area (Å²) < 4.78 is 0. The monoisotopic (exact) mass is 441 g/mol. The molecule has 2 aromatic carbocycles. The fourth-order valence-electron chi connectivity index (χ4n) is 2.60. The van der Waals surface area contributed by atoms with Crippen molar-refractivity contribution in [1.82, 2.24) is 4.90 Å². The van der Waals surface area contributed by atoms with Crippen molar-refractivity contribution >= 4 is 58.0 Å². The first kappa shape index (κ1) is 22.5. The third kappa shape index (κ3) is 7.32. The first-order valence-electron chi connectivity index (χ1n) is 8.90. The van der Waals surface area contributed by atoms with Gasteiger partial charge in [0.2, 0.25) is 11.8 Å². The van der Waals surface area contributed by atoms with Gasteiger partial charge in [-0.05, 0) is 43.3 Å². The van der Waals surface area contributed by atoms with Crippen LogP contribution in [0.4, 0.5) is 11.4 Å². The van der Waals surface area contributed by atoms with E-state index in [0.717, 1.165) is 6.42 Å². The topological polar surface area (TPSA) is 61.4 Å². The summed E-state index contributed by atoms with van der Waals surface area (Å²) >= 11 is 18.0. The maximum atomic E-state index is 12.4. The molecule has 0 unspecified atom stereocenters. The van der Waals surface area contributed by atoms with Gasteiger partial charge < -0.3 is 10.6 Å². The lowest BCUT2D eigenvalue weighted by Crippen LogP contribution is -2.36. The quantitative estimate of drug-likeness (QED) is 0.552. The van der Waals surface area contributed by atoms with Gasteiger partial charge in [-0.3, -0.25) is 14.5 Å². The van der Waals surface area contributed by atoms with Crippen LogP contribution in [0.5, 0.6) is 0 Å². The van der Waals surface area contributed by atoms with Crippen LogP contribution in [-0.4, -0.2) is 36.3 Å². The van der Waals surface area contributed by atoms with Gasteiger partial charge in [0.25, 0.3) is 0 Å². The summed E-state index contributed by atoms with van der Waals surface area (Å²) in [5, 5.41) is 6.92. The minimum absolute atomic E-state index is 0.157. The lowest BCUT2D eigenvalue weighted by molar-refractivity contribution is -0.119. The van der Waals surface area contributed by atoms with Crippen LogP contribution in [0.1, 0.15) is 19.8 Å². The Hall–Kier alpha value is -1.79. The van der Waals surface area contributed by atoms with Crippen LogP contribution in [0.2, 0.25) is 15.1 Å². The number of rotatable bonds is 9. The molecule has 0 radical (unpaired) electrons. The highest BCUT2D eigenvalue weighted by atomic mass is 35.5. The third-order valence-electron chi connectivity index (χ3n) is 3.92. The average molecular weight is 443 g/mol. The van der Waals surface area contributed by atoms with Crippen molar-refractivity contribution in [1.29, 1.82) is 0 Å². The summed E-state index contributed by atoms with van der Waals surface area (Å²) in [6.45, 7) is 3.32. The van der Waals surface area contributed by atoms with E-state index in [2.05, 4.69) is 10.6 Å². The number of nitrogens with zero attached hydrogens (tertiary/aromatic N) is 1. The number of hydrogen-bond acceptors (Lipinski definition) is 3. The van der Waals surface area contributed by atoms with E-state index in [-0.39, 0.29) is 24.8 Å². The molecule has 8 heteroatoms. The van der Waals surface area contributed by atoms with Crippen LogP contribution in [0.15, 0.2) is 42.5 Å². The Morgan fingerprint density at radius 1 is 0.893 bits per heavy atom. The van der Waals surface area contributed by atoms with E-state index >= 15 is 0 Å². The first-order chi connectivity index (χ1) is 13.4. The molecule has 0 aliphatic carbocycles. The van der Waals surface area contributed by atoms with Gasteiger partial charge >= 0.3 is 0 Å². The second-order valence-corrected chi connectivity index (χ2v) is 7.48. The number of carbonyl (C=O) groups excluding carboxylic acids is 2. The molecule has 0 heterocycles. The summed E-state index contributed by atoms with van der Waals surface area (Å²) in [5.41, 5.74) is 1.08. The van der Waals surface area contributed by atoms with E-state index in [1.807, 2.05) is 11.8 Å². The Labute approximate surface area is 180 Å². The molecule has 0 aliphatic rings. The first-order valence-corrected chi connectivity index (χ1v) is 10.0. The lowest BCUT2D eigenvalue weighted by atomic mass is 10.2. The molecule has 2 amide bonds. The largest absolute Gasteiger partial charge is 0.325 e. The second kappa shape index (κ2) is 11.3. The van der Waals surface area contributed by atoms with Crippen molar-refractivity contribution in [3.63, 3.8) is 0 Å². The van der Waals surface area contributed by atoms with E-state index in [9.17, 15) is 9.59 Å². The van der Waals surface area contributed by atoms with Crippen LogP contribution in [-0.2, 0) is 9.59 Å². The predicted octanol–water partition coefficient (Wildman–Crippen LogP) is 5.33. The molecule has 0 atom stereocenters. The average Bonchev–Trinajstić information content (AvgIpc) is 2.64. The minimum atomic E-state index is -0.204. The van der Waals surface area contributed by atoms with Gasteiger partial charge in [-0.25, -0.2) is 0 Å². The van der Waals surface area contributed by atoms with Crippen LogP contribution in [0.25, 0.3) is 0 Å². The highest BCUT2D eigenvalue weighted by Crippen LogP contribution is 2.25. The highest BCUT2D eigenvalue weighted by molar-refractivity contribution is 6.36. The van der Waals surface area contributed by atoms with Gasteiger partial charge in [0.1, 0.15) is 0 Å². The molecular weight excluding hydrogens is 421 g/mol. The Balaban J connectivity index is 1.87. The Kier molecular flexibility index (Phi) is 9.06. The van der Waals surface area contributed by atoms with Crippen LogP contribution in [0, 0.1) is 0 Å². The minimum Gasteiger partial charge on any atom is -0.325 e. The molecule has 0 aromatic heterocycles. The fourth-order valence-corrected chi connectivity index (χ4v) is 3.24. The highest BCUT2D eigenvalue weighted by Gasteiger charge is 2.14. The summed E-state index contributed by atoms with van der Waals surface area (Å²) in [5.74, 6) is -0.362. The number of nitrogens with one attached hydrogen (secondary N) is 2. The van der Waals surface area contributed by atoms with Crippen molar-refractivity contribution in [3.05, 3.63) is 57.5 Å². The van der Waals surface area contributed by atoms with Crippen molar-refractivity contribution in [2.24, 2.45) is 0 Å². The van der Waals surface area contributed by atoms with Crippen LogP contribution >= 0.6 is 34.8 Å². The summed E-state index contributed by atoms with van der Waals surface area (Å²) in [6, 6.07) is 11.9. The molecular formula is C20H22Cl3N3O2. The van der Waals surface area contributed by atoms with Crippen LogP contribution < -0.4 is 10.6 Å². The number of carbonyl (C=O) groups is 2. The Morgan fingerprint density at radius 2 is 1.57 bits per heavy atom. The zero-order valence-electron chi connectivity index (χ0n) is 15.5. The number of anilines is 2. The smallest absolute Gasteiger partial charge is 0.238 e. The van der Waals surface area contributed by atoms with Gasteiger partial charge in [-0.2, -0.15) is 0 Å². The molecule has 150 valence electrons. The van der Waals surface area contributed by atoms with E-state index in [1.54, 1.807) is 42.5 Å². The van der Waals surface area contributed by atoms with Gasteiger partial charge in [0, 0.05) is 18.0 Å². The molecule has 2 aromatic rings. The number of benzene rings is 2. The van der Waals surface area contributed by atoms with Crippen LogP contribution in [0.3, 0.4) is 0 Å². The molecule has 5 nitrogen and oxygen atoms in total. The summed E-state index contributed by atoms with van der Waals surface area (Å²) in [6.07, 6.45) is 1.11. The van der Waals surface area contributed by atoms with E-state index in [4.69, 9.17) is 34.8 Å². The number of halogens is 3. The standard InChI is InChI=1S/C20H22Cl3N3O2/c1-2-10-26(11-9-19(27)24-17-6-4-3-5-15(17)22)13-20(28)25-18-8-7-14(21)12-16(18)23/h3-8,12H,2,9-11,13H2,1H3,(H,24,27)(H,25,28). The second-order valence-electron chi connectivity index (χ2n) is 6.23. The van der Waals surface area contributed by atoms with Gasteiger partial charge in [0.15, 0.2) is 0 Å². The molecule has 2 rings (SSSR count). The Bertz CT molecular complexity index is 830. The molecule has 28 heavy (non-hydrogen) atoms. The zero-order chi connectivity index (χ0) is 20.5. The van der Waals surface area contributed by atoms with Gasteiger partial charge in [0.05, 0.1) is 28.0 Å². The maximum Gasteiger partial charge on any atom is 0.238 e. The SMILES string of the molecule is CCCN(CCC(=O)Nc1ccccc1Cl)CC(=O)Nc1ccc(Cl)cc1Cl. The van der Waals surface area contributed by atoms with Gasteiger partial charge in [-0.15, -0.1) is 0 Å². The van der Waals surface area contributed by atoms with Crippen molar-refractivity contribution in [3.8, 4) is 0 Å². The molecule has 0 bridgehead atoms. The molecule has 0 saturated carbocycles. The Morgan fingerprint density at radius 3 is 2.25 bits per heavy atom. The van der Waals surface area contributed by atoms with Crippen molar-refractivity contribution in [2.75, 3.05) is 30.3 Å². The fraction of sp³-hybridized carbons (Fsp3) is 0.300. The number of hydrogen-bond donors (Lipinski definition) is 2. The van der Waals surface area contributed by atoms with Crippen molar-refractivity contribution < 1.29 is 9.59 Å².